The van der Waals surface area contributed by atoms with Crippen LogP contribution in [-0.4, -0.2) is 25.2 Å². The minimum atomic E-state index is -3.41. The standard InChI is InChI=1S/C13H26N2O2S2/c1-3-10-5-7-11(8-6-10)9-15-19(16,17)12(4-2)13(14)18/h10-12,15H,3-9H2,1-2H3,(H2,14,18). The van der Waals surface area contributed by atoms with Gasteiger partial charge in [0.15, 0.2) is 0 Å². The minimum absolute atomic E-state index is 0.0599. The van der Waals surface area contributed by atoms with E-state index in [1.165, 1.54) is 19.3 Å². The molecule has 0 spiro atoms. The van der Waals surface area contributed by atoms with Crippen molar-refractivity contribution in [2.45, 2.75) is 57.6 Å². The number of nitrogens with one attached hydrogen (secondary N) is 1. The summed E-state index contributed by atoms with van der Waals surface area (Å²) < 4.78 is 26.9. The van der Waals surface area contributed by atoms with Crippen LogP contribution in [0.25, 0.3) is 0 Å². The normalized spacial score (nSPS) is 26.0. The fraction of sp³-hybridized carbons (Fsp3) is 0.923. The number of sulfonamides is 1. The van der Waals surface area contributed by atoms with E-state index < -0.39 is 15.3 Å². The Hall–Kier alpha value is -0.200. The highest BCUT2D eigenvalue weighted by Gasteiger charge is 2.28. The Bertz CT molecular complexity index is 387. The van der Waals surface area contributed by atoms with E-state index in [0.717, 1.165) is 18.8 Å². The van der Waals surface area contributed by atoms with Crippen molar-refractivity contribution in [3.63, 3.8) is 0 Å². The summed E-state index contributed by atoms with van der Waals surface area (Å²) in [5.74, 6) is 1.29. The van der Waals surface area contributed by atoms with Gasteiger partial charge in [-0.2, -0.15) is 0 Å². The molecule has 3 N–H and O–H groups in total. The highest BCUT2D eigenvalue weighted by Crippen LogP contribution is 2.30. The summed E-state index contributed by atoms with van der Waals surface area (Å²) in [4.78, 5) is 0.0599. The Labute approximate surface area is 122 Å². The van der Waals surface area contributed by atoms with E-state index in [9.17, 15) is 8.42 Å². The molecule has 0 aromatic carbocycles. The molecule has 0 aliphatic heterocycles. The molecule has 6 heteroatoms. The van der Waals surface area contributed by atoms with E-state index in [2.05, 4.69) is 11.6 Å². The van der Waals surface area contributed by atoms with Gasteiger partial charge in [-0.25, -0.2) is 13.1 Å². The Kier molecular flexibility index (Phi) is 6.69. The molecule has 1 fully saturated rings. The molecule has 4 nitrogen and oxygen atoms in total. The lowest BCUT2D eigenvalue weighted by Gasteiger charge is -2.28. The monoisotopic (exact) mass is 306 g/mol. The van der Waals surface area contributed by atoms with Crippen LogP contribution in [0.2, 0.25) is 0 Å². The molecule has 19 heavy (non-hydrogen) atoms. The Balaban J connectivity index is 2.46. The predicted octanol–water partition coefficient (Wildman–Crippen LogP) is 2.19. The molecule has 1 atom stereocenters. The summed E-state index contributed by atoms with van der Waals surface area (Å²) in [5.41, 5.74) is 5.49. The number of hydrogen-bond donors (Lipinski definition) is 2. The van der Waals surface area contributed by atoms with Crippen LogP contribution >= 0.6 is 12.2 Å². The zero-order valence-electron chi connectivity index (χ0n) is 11.9. The molecule has 1 unspecified atom stereocenters. The first-order chi connectivity index (χ1) is 8.90. The highest BCUT2D eigenvalue weighted by atomic mass is 32.2. The molecule has 0 amide bonds. The molecule has 0 saturated heterocycles. The van der Waals surface area contributed by atoms with Gasteiger partial charge in [0.1, 0.15) is 5.25 Å². The van der Waals surface area contributed by atoms with Gasteiger partial charge in [0.2, 0.25) is 10.0 Å². The van der Waals surface area contributed by atoms with E-state index >= 15 is 0 Å². The van der Waals surface area contributed by atoms with Crippen LogP contribution in [0.5, 0.6) is 0 Å². The summed E-state index contributed by atoms with van der Waals surface area (Å²) in [7, 11) is -3.41. The van der Waals surface area contributed by atoms with Crippen molar-refractivity contribution in [2.24, 2.45) is 17.6 Å². The molecule has 0 radical (unpaired) electrons. The van der Waals surface area contributed by atoms with Gasteiger partial charge in [0.05, 0.1) is 4.99 Å². The summed E-state index contributed by atoms with van der Waals surface area (Å²) in [6, 6.07) is 0. The predicted molar refractivity (Wildman–Crippen MR) is 83.5 cm³/mol. The molecule has 0 heterocycles. The molecule has 112 valence electrons. The van der Waals surface area contributed by atoms with Gasteiger partial charge in [-0.15, -0.1) is 0 Å². The molecular weight excluding hydrogens is 280 g/mol. The fourth-order valence-electron chi connectivity index (χ4n) is 2.75. The van der Waals surface area contributed by atoms with Gasteiger partial charge < -0.3 is 5.73 Å². The van der Waals surface area contributed by atoms with Crippen molar-refractivity contribution >= 4 is 27.2 Å². The Morgan fingerprint density at radius 3 is 2.21 bits per heavy atom. The maximum Gasteiger partial charge on any atom is 0.221 e. The first kappa shape index (κ1) is 16.9. The second kappa shape index (κ2) is 7.55. The van der Waals surface area contributed by atoms with Gasteiger partial charge in [-0.1, -0.05) is 45.3 Å². The first-order valence-electron chi connectivity index (χ1n) is 7.18. The van der Waals surface area contributed by atoms with Crippen molar-refractivity contribution in [3.05, 3.63) is 0 Å². The van der Waals surface area contributed by atoms with E-state index in [1.807, 2.05) is 0 Å². The lowest BCUT2D eigenvalue weighted by atomic mass is 9.81. The number of rotatable bonds is 7. The average molecular weight is 306 g/mol. The van der Waals surface area contributed by atoms with E-state index in [-0.39, 0.29) is 4.99 Å². The van der Waals surface area contributed by atoms with Crippen molar-refractivity contribution in [3.8, 4) is 0 Å². The van der Waals surface area contributed by atoms with Crippen LogP contribution in [0.4, 0.5) is 0 Å². The third-order valence-electron chi connectivity index (χ3n) is 4.18. The zero-order valence-corrected chi connectivity index (χ0v) is 13.5. The lowest BCUT2D eigenvalue weighted by molar-refractivity contribution is 0.270. The van der Waals surface area contributed by atoms with Crippen LogP contribution < -0.4 is 10.5 Å². The summed E-state index contributed by atoms with van der Waals surface area (Å²) in [6.45, 7) is 4.54. The fourth-order valence-corrected chi connectivity index (χ4v) is 4.71. The number of thiocarbonyl (C=S) groups is 1. The maximum absolute atomic E-state index is 12.1. The highest BCUT2D eigenvalue weighted by molar-refractivity contribution is 7.93. The average Bonchev–Trinajstić information content (AvgIpc) is 2.37. The Morgan fingerprint density at radius 1 is 1.26 bits per heavy atom. The SMILES string of the molecule is CCC1CCC(CNS(=O)(=O)C(CC)C(N)=S)CC1. The third kappa shape index (κ3) is 5.00. The van der Waals surface area contributed by atoms with Crippen LogP contribution in [-0.2, 0) is 10.0 Å². The number of nitrogens with two attached hydrogens (primary N) is 1. The van der Waals surface area contributed by atoms with Crippen LogP contribution in [0, 0.1) is 11.8 Å². The molecule has 1 saturated carbocycles. The largest absolute Gasteiger partial charge is 0.392 e. The molecule has 1 aliphatic rings. The molecular formula is C13H26N2O2S2. The minimum Gasteiger partial charge on any atom is -0.392 e. The molecule has 1 aliphatic carbocycles. The topological polar surface area (TPSA) is 72.2 Å². The number of hydrogen-bond acceptors (Lipinski definition) is 3. The van der Waals surface area contributed by atoms with Gasteiger partial charge in [0, 0.05) is 6.54 Å². The van der Waals surface area contributed by atoms with Gasteiger partial charge in [0.25, 0.3) is 0 Å². The van der Waals surface area contributed by atoms with E-state index in [0.29, 0.717) is 18.9 Å². The Morgan fingerprint density at radius 2 is 1.79 bits per heavy atom. The third-order valence-corrected chi connectivity index (χ3v) is 6.52. The van der Waals surface area contributed by atoms with Gasteiger partial charge >= 0.3 is 0 Å². The van der Waals surface area contributed by atoms with Crippen molar-refractivity contribution in [1.29, 1.82) is 0 Å². The maximum atomic E-state index is 12.1. The van der Waals surface area contributed by atoms with Crippen molar-refractivity contribution < 1.29 is 8.42 Å². The second-order valence-corrected chi connectivity index (χ2v) is 7.91. The van der Waals surface area contributed by atoms with Crippen molar-refractivity contribution in [2.75, 3.05) is 6.54 Å². The smallest absolute Gasteiger partial charge is 0.221 e. The van der Waals surface area contributed by atoms with Gasteiger partial charge in [-0.05, 0) is 31.1 Å². The van der Waals surface area contributed by atoms with Crippen LogP contribution in [0.1, 0.15) is 52.4 Å². The van der Waals surface area contributed by atoms with Gasteiger partial charge in [-0.3, -0.25) is 0 Å². The zero-order chi connectivity index (χ0) is 14.5. The molecule has 1 rings (SSSR count). The van der Waals surface area contributed by atoms with E-state index in [4.69, 9.17) is 18.0 Å². The molecule has 0 aromatic heterocycles. The second-order valence-electron chi connectivity index (χ2n) is 5.49. The first-order valence-corrected chi connectivity index (χ1v) is 9.13. The molecule has 0 aromatic rings. The van der Waals surface area contributed by atoms with Crippen LogP contribution in [0.3, 0.4) is 0 Å². The molecule has 0 bridgehead atoms. The van der Waals surface area contributed by atoms with Crippen molar-refractivity contribution in [1.82, 2.24) is 4.72 Å². The summed E-state index contributed by atoms with van der Waals surface area (Å²) >= 11 is 4.82. The lowest BCUT2D eigenvalue weighted by Crippen LogP contribution is -2.43. The summed E-state index contributed by atoms with van der Waals surface area (Å²) in [5, 5.41) is -0.741. The quantitative estimate of drug-likeness (QED) is 0.707. The summed E-state index contributed by atoms with van der Waals surface area (Å²) in [6.07, 6.45) is 6.33. The van der Waals surface area contributed by atoms with Crippen LogP contribution in [0.15, 0.2) is 0 Å². The van der Waals surface area contributed by atoms with E-state index in [1.54, 1.807) is 6.92 Å².